The number of rotatable bonds is 6. The normalized spacial score (nSPS) is 11.9. The fraction of sp³-hybridized carbons (Fsp3) is 0.333. The first-order valence-electron chi connectivity index (χ1n) is 5.73. The van der Waals surface area contributed by atoms with E-state index in [4.69, 9.17) is 23.2 Å². The highest BCUT2D eigenvalue weighted by atomic mass is 35.5. The van der Waals surface area contributed by atoms with E-state index in [0.29, 0.717) is 22.3 Å². The van der Waals surface area contributed by atoms with Gasteiger partial charge in [0, 0.05) is 5.02 Å². The Morgan fingerprint density at radius 1 is 1.42 bits per heavy atom. The van der Waals surface area contributed by atoms with Gasteiger partial charge in [-0.1, -0.05) is 23.2 Å². The topological polar surface area (TPSA) is 85.8 Å². The lowest BCUT2D eigenvalue weighted by Gasteiger charge is -2.15. The van der Waals surface area contributed by atoms with E-state index in [1.54, 1.807) is 19.1 Å². The van der Waals surface area contributed by atoms with Crippen LogP contribution in [0.25, 0.3) is 0 Å². The van der Waals surface area contributed by atoms with E-state index in [-0.39, 0.29) is 6.42 Å². The highest BCUT2D eigenvalue weighted by Gasteiger charge is 2.18. The number of amides is 1. The molecule has 0 aromatic heterocycles. The summed E-state index contributed by atoms with van der Waals surface area (Å²) in [7, 11) is 0. The van der Waals surface area contributed by atoms with Crippen LogP contribution in [0.3, 0.4) is 0 Å². The summed E-state index contributed by atoms with van der Waals surface area (Å²) in [6.45, 7) is 2.34. The molecule has 0 unspecified atom stereocenters. The number of nitrogens with one attached hydrogen (secondary N) is 1. The van der Waals surface area contributed by atoms with E-state index in [1.165, 1.54) is 11.4 Å². The number of nitrogens with two attached hydrogens (primary N) is 1. The summed E-state index contributed by atoms with van der Waals surface area (Å²) in [5, 5.41) is 15.6. The summed E-state index contributed by atoms with van der Waals surface area (Å²) in [6.07, 6.45) is -0.195. The molecule has 0 aliphatic heterocycles. The van der Waals surface area contributed by atoms with Crippen molar-refractivity contribution in [2.24, 2.45) is 0 Å². The number of quaternary nitrogens is 1. The van der Waals surface area contributed by atoms with E-state index in [2.05, 4.69) is 5.32 Å². The Labute approximate surface area is 120 Å². The third-order valence-electron chi connectivity index (χ3n) is 2.43. The molecule has 0 heterocycles. The first-order chi connectivity index (χ1) is 8.93. The van der Waals surface area contributed by atoms with Crippen LogP contribution in [0.1, 0.15) is 13.3 Å². The lowest BCUT2D eigenvalue weighted by molar-refractivity contribution is -0.679. The number of hydrogen-bond acceptors (Lipinski definition) is 3. The predicted molar refractivity (Wildman–Crippen MR) is 71.0 cm³/mol. The van der Waals surface area contributed by atoms with Gasteiger partial charge in [0.25, 0.3) is 0 Å². The van der Waals surface area contributed by atoms with Crippen molar-refractivity contribution in [3.8, 4) is 0 Å². The minimum absolute atomic E-state index is 0.195. The average molecular weight is 305 g/mol. The molecule has 0 aliphatic rings. The van der Waals surface area contributed by atoms with E-state index in [9.17, 15) is 14.7 Å². The summed E-state index contributed by atoms with van der Waals surface area (Å²) in [5.41, 5.74) is 0.354. The van der Waals surface area contributed by atoms with Gasteiger partial charge in [0.1, 0.15) is 6.04 Å². The molecule has 0 bridgehead atoms. The first kappa shape index (κ1) is 15.8. The van der Waals surface area contributed by atoms with Gasteiger partial charge in [0.05, 0.1) is 29.6 Å². The van der Waals surface area contributed by atoms with Gasteiger partial charge in [-0.15, -0.1) is 0 Å². The zero-order chi connectivity index (χ0) is 14.4. The molecule has 3 N–H and O–H groups in total. The fourth-order valence-electron chi connectivity index (χ4n) is 1.54. The molecule has 1 amide bonds. The fourth-order valence-corrected chi connectivity index (χ4v) is 1.88. The van der Waals surface area contributed by atoms with Crippen LogP contribution < -0.4 is 15.7 Å². The second-order valence-electron chi connectivity index (χ2n) is 3.95. The third kappa shape index (κ3) is 5.06. The monoisotopic (exact) mass is 304 g/mol. The van der Waals surface area contributed by atoms with Crippen molar-refractivity contribution >= 4 is 40.8 Å². The smallest absolute Gasteiger partial charge is 0.230 e. The number of carboxylic acids is 1. The van der Waals surface area contributed by atoms with Crippen molar-refractivity contribution in [2.75, 3.05) is 11.9 Å². The van der Waals surface area contributed by atoms with Crippen molar-refractivity contribution < 1.29 is 20.0 Å². The van der Waals surface area contributed by atoms with Crippen molar-refractivity contribution in [3.05, 3.63) is 28.2 Å². The summed E-state index contributed by atoms with van der Waals surface area (Å²) in [5.74, 6) is -1.72. The minimum Gasteiger partial charge on any atom is -0.544 e. The molecule has 5 nitrogen and oxygen atoms in total. The van der Waals surface area contributed by atoms with E-state index < -0.39 is 17.9 Å². The third-order valence-corrected chi connectivity index (χ3v) is 3.00. The standard InChI is InChI=1S/C12H14Cl2N2O3/c1-2-15-10(12(18)19)6-11(17)16-9-5-7(13)3-4-8(9)14/h3-5,10,15H,2,6H2,1H3,(H,16,17)(H,18,19)/t10-/m0/s1. The van der Waals surface area contributed by atoms with Crippen LogP contribution in [0.5, 0.6) is 0 Å². The Balaban J connectivity index is 2.68. The van der Waals surface area contributed by atoms with Crippen LogP contribution in [-0.4, -0.2) is 24.5 Å². The van der Waals surface area contributed by atoms with Crippen molar-refractivity contribution in [1.82, 2.24) is 0 Å². The molecule has 1 aromatic rings. The summed E-state index contributed by atoms with van der Waals surface area (Å²) >= 11 is 11.7. The van der Waals surface area contributed by atoms with Crippen LogP contribution >= 0.6 is 23.2 Å². The van der Waals surface area contributed by atoms with Crippen molar-refractivity contribution in [3.63, 3.8) is 0 Å². The molecule has 0 saturated heterocycles. The zero-order valence-corrected chi connectivity index (χ0v) is 11.8. The quantitative estimate of drug-likeness (QED) is 0.777. The Kier molecular flexibility index (Phi) is 6.08. The molecule has 1 atom stereocenters. The van der Waals surface area contributed by atoms with E-state index in [0.717, 1.165) is 0 Å². The average Bonchev–Trinajstić information content (AvgIpc) is 2.33. The number of hydrogen-bond donors (Lipinski definition) is 2. The van der Waals surface area contributed by atoms with Gasteiger partial charge in [-0.05, 0) is 25.1 Å². The SMILES string of the molecule is CC[NH2+][C@@H](CC(=O)Nc1cc(Cl)ccc1Cl)C(=O)[O-]. The van der Waals surface area contributed by atoms with Gasteiger partial charge in [0.2, 0.25) is 5.91 Å². The molecular weight excluding hydrogens is 291 g/mol. The van der Waals surface area contributed by atoms with Gasteiger partial charge >= 0.3 is 0 Å². The van der Waals surface area contributed by atoms with Crippen molar-refractivity contribution in [2.45, 2.75) is 19.4 Å². The maximum atomic E-state index is 11.7. The highest BCUT2D eigenvalue weighted by Crippen LogP contribution is 2.25. The van der Waals surface area contributed by atoms with Crippen LogP contribution in [0.4, 0.5) is 5.69 Å². The van der Waals surface area contributed by atoms with Gasteiger partial charge < -0.3 is 20.5 Å². The number of anilines is 1. The summed E-state index contributed by atoms with van der Waals surface area (Å²) in [6, 6.07) is 3.73. The van der Waals surface area contributed by atoms with Gasteiger partial charge in [-0.25, -0.2) is 0 Å². The predicted octanol–water partition coefficient (Wildman–Crippen LogP) is 0.0238. The number of carbonyl (C=O) groups excluding carboxylic acids is 2. The van der Waals surface area contributed by atoms with Crippen LogP contribution in [0.2, 0.25) is 10.0 Å². The zero-order valence-electron chi connectivity index (χ0n) is 10.3. The van der Waals surface area contributed by atoms with Gasteiger partial charge in [-0.3, -0.25) is 4.79 Å². The maximum Gasteiger partial charge on any atom is 0.230 e. The maximum absolute atomic E-state index is 11.7. The van der Waals surface area contributed by atoms with E-state index >= 15 is 0 Å². The second kappa shape index (κ2) is 7.33. The molecule has 19 heavy (non-hydrogen) atoms. The molecule has 7 heteroatoms. The second-order valence-corrected chi connectivity index (χ2v) is 4.79. The Morgan fingerprint density at radius 2 is 2.11 bits per heavy atom. The number of halogens is 2. The highest BCUT2D eigenvalue weighted by molar-refractivity contribution is 6.35. The number of aliphatic carboxylic acids is 1. The summed E-state index contributed by atoms with van der Waals surface area (Å²) in [4.78, 5) is 22.6. The van der Waals surface area contributed by atoms with Crippen LogP contribution in [-0.2, 0) is 9.59 Å². The molecule has 0 fully saturated rings. The minimum atomic E-state index is -1.27. The van der Waals surface area contributed by atoms with E-state index in [1.807, 2.05) is 0 Å². The molecule has 0 spiro atoms. The molecular formula is C12H14Cl2N2O3. The molecule has 0 aliphatic carbocycles. The number of benzene rings is 1. The van der Waals surface area contributed by atoms with Crippen LogP contribution in [0, 0.1) is 0 Å². The molecule has 1 rings (SSSR count). The van der Waals surface area contributed by atoms with Gasteiger partial charge in [0.15, 0.2) is 0 Å². The van der Waals surface area contributed by atoms with Crippen LogP contribution in [0.15, 0.2) is 18.2 Å². The first-order valence-corrected chi connectivity index (χ1v) is 6.48. The largest absolute Gasteiger partial charge is 0.544 e. The lowest BCUT2D eigenvalue weighted by Crippen LogP contribution is -2.93. The number of carbonyl (C=O) groups is 2. The number of likely N-dealkylation sites (N-methyl/N-ethyl adjacent to an activating group) is 1. The molecule has 0 radical (unpaired) electrons. The Morgan fingerprint density at radius 3 is 2.68 bits per heavy atom. The lowest BCUT2D eigenvalue weighted by atomic mass is 10.2. The molecule has 0 saturated carbocycles. The Bertz CT molecular complexity index is 480. The molecule has 104 valence electrons. The summed E-state index contributed by atoms with van der Waals surface area (Å²) < 4.78 is 0. The van der Waals surface area contributed by atoms with Gasteiger partial charge in [-0.2, -0.15) is 0 Å². The van der Waals surface area contributed by atoms with Crippen molar-refractivity contribution in [1.29, 1.82) is 0 Å². The molecule has 1 aromatic carbocycles. The Hall–Kier alpha value is -1.30. The number of carboxylic acid groups (broad SMARTS) is 1.